The van der Waals surface area contributed by atoms with Gasteiger partial charge in [-0.3, -0.25) is 4.79 Å². The summed E-state index contributed by atoms with van der Waals surface area (Å²) in [4.78, 5) is 12.3. The van der Waals surface area contributed by atoms with Gasteiger partial charge in [-0.05, 0) is 24.7 Å². The molecular formula is C15H26O4. The van der Waals surface area contributed by atoms with Crippen LogP contribution in [0, 0.1) is 23.7 Å². The van der Waals surface area contributed by atoms with Gasteiger partial charge < -0.3 is 14.6 Å². The molecule has 0 amide bonds. The maximum Gasteiger partial charge on any atom is 0.171 e. The molecule has 0 aromatic rings. The van der Waals surface area contributed by atoms with Crippen LogP contribution in [0.1, 0.15) is 39.0 Å². The molecule has 2 fully saturated rings. The fraction of sp³-hybridized carbons (Fsp3) is 0.933. The molecule has 1 N–H and O–H groups in total. The van der Waals surface area contributed by atoms with Crippen LogP contribution in [0.15, 0.2) is 0 Å². The van der Waals surface area contributed by atoms with E-state index in [2.05, 4.69) is 6.92 Å². The van der Waals surface area contributed by atoms with Crippen molar-refractivity contribution >= 4 is 5.78 Å². The lowest BCUT2D eigenvalue weighted by atomic mass is 9.59. The number of aliphatic hydroxyl groups excluding tert-OH is 1. The maximum atomic E-state index is 12.3. The Morgan fingerprint density at radius 3 is 2.53 bits per heavy atom. The summed E-state index contributed by atoms with van der Waals surface area (Å²) in [5.41, 5.74) is 0. The minimum atomic E-state index is -0.639. The Balaban J connectivity index is 2.32. The van der Waals surface area contributed by atoms with Gasteiger partial charge in [0.05, 0.1) is 0 Å². The molecule has 2 aliphatic carbocycles. The number of carbonyl (C=O) groups excluding carboxylic acids is 1. The van der Waals surface area contributed by atoms with Crippen LogP contribution in [0.4, 0.5) is 0 Å². The molecule has 4 atom stereocenters. The molecule has 4 heteroatoms. The van der Waals surface area contributed by atoms with Gasteiger partial charge in [-0.2, -0.15) is 0 Å². The van der Waals surface area contributed by atoms with E-state index in [-0.39, 0.29) is 24.4 Å². The molecule has 0 radical (unpaired) electrons. The number of ketones is 1. The summed E-state index contributed by atoms with van der Waals surface area (Å²) in [6, 6.07) is 0. The van der Waals surface area contributed by atoms with Crippen molar-refractivity contribution in [3.05, 3.63) is 0 Å². The number of Topliss-reactive ketones (excluding diaryl/α,β-unsaturated/α-hetero) is 1. The topological polar surface area (TPSA) is 55.8 Å². The van der Waals surface area contributed by atoms with E-state index in [0.717, 1.165) is 19.3 Å². The van der Waals surface area contributed by atoms with E-state index < -0.39 is 5.79 Å². The summed E-state index contributed by atoms with van der Waals surface area (Å²) in [7, 11) is 3.33. The highest BCUT2D eigenvalue weighted by molar-refractivity contribution is 5.83. The molecule has 0 bridgehead atoms. The van der Waals surface area contributed by atoms with Crippen molar-refractivity contribution in [3.63, 3.8) is 0 Å². The molecule has 0 aliphatic heterocycles. The third-order valence-corrected chi connectivity index (χ3v) is 5.29. The number of rotatable bonds is 4. The molecule has 0 aromatic carbocycles. The minimum absolute atomic E-state index is 0.0430. The Bertz CT molecular complexity index is 324. The Morgan fingerprint density at radius 2 is 2.00 bits per heavy atom. The van der Waals surface area contributed by atoms with E-state index in [1.165, 1.54) is 0 Å². The first-order chi connectivity index (χ1) is 9.11. The van der Waals surface area contributed by atoms with Gasteiger partial charge in [0.2, 0.25) is 0 Å². The minimum Gasteiger partial charge on any atom is -0.396 e. The first-order valence-corrected chi connectivity index (χ1v) is 7.35. The summed E-state index contributed by atoms with van der Waals surface area (Å²) in [6.07, 6.45) is 3.93. The van der Waals surface area contributed by atoms with Gasteiger partial charge in [-0.25, -0.2) is 0 Å². The predicted octanol–water partition coefficient (Wildman–Crippen LogP) is 2.00. The van der Waals surface area contributed by atoms with E-state index >= 15 is 0 Å². The normalized spacial score (nSPS) is 38.0. The SMILES string of the molecule is CC[C@H]1CC(CO)CC2C1C(=O)CCC2(OC)OC. The average molecular weight is 270 g/mol. The molecule has 0 heterocycles. The van der Waals surface area contributed by atoms with Gasteiger partial charge in [-0.1, -0.05) is 13.3 Å². The van der Waals surface area contributed by atoms with Gasteiger partial charge in [0.25, 0.3) is 0 Å². The van der Waals surface area contributed by atoms with E-state index in [1.807, 2.05) is 0 Å². The first kappa shape index (κ1) is 14.9. The number of aliphatic hydroxyl groups is 1. The van der Waals surface area contributed by atoms with Crippen LogP contribution in [0.5, 0.6) is 0 Å². The fourth-order valence-electron chi connectivity index (χ4n) is 4.26. The Morgan fingerprint density at radius 1 is 1.32 bits per heavy atom. The van der Waals surface area contributed by atoms with Crippen molar-refractivity contribution in [2.24, 2.45) is 23.7 Å². The van der Waals surface area contributed by atoms with Gasteiger partial charge in [0.15, 0.2) is 5.79 Å². The summed E-state index contributed by atoms with van der Waals surface area (Å²) < 4.78 is 11.4. The summed E-state index contributed by atoms with van der Waals surface area (Å²) in [6.45, 7) is 2.32. The zero-order valence-corrected chi connectivity index (χ0v) is 12.2. The predicted molar refractivity (Wildman–Crippen MR) is 71.6 cm³/mol. The van der Waals surface area contributed by atoms with E-state index in [4.69, 9.17) is 9.47 Å². The highest BCUT2D eigenvalue weighted by Crippen LogP contribution is 2.51. The van der Waals surface area contributed by atoms with Gasteiger partial charge >= 0.3 is 0 Å². The number of hydrogen-bond acceptors (Lipinski definition) is 4. The van der Waals surface area contributed by atoms with Gasteiger partial charge in [-0.15, -0.1) is 0 Å². The lowest BCUT2D eigenvalue weighted by molar-refractivity contribution is -0.272. The largest absolute Gasteiger partial charge is 0.396 e. The second kappa shape index (κ2) is 5.90. The molecule has 4 nitrogen and oxygen atoms in total. The zero-order chi connectivity index (χ0) is 14.0. The van der Waals surface area contributed by atoms with Crippen molar-refractivity contribution in [2.75, 3.05) is 20.8 Å². The van der Waals surface area contributed by atoms with Gasteiger partial charge in [0, 0.05) is 45.5 Å². The van der Waals surface area contributed by atoms with Crippen molar-refractivity contribution in [1.82, 2.24) is 0 Å². The molecule has 0 saturated heterocycles. The monoisotopic (exact) mass is 270 g/mol. The standard InChI is InChI=1S/C15H26O4/c1-4-11-7-10(9-16)8-12-14(11)13(17)5-6-15(12,18-2)19-3/h10-12,14,16H,4-9H2,1-3H3/t10?,11-,12?,14?/m0/s1. The Labute approximate surface area is 115 Å². The second-order valence-electron chi connectivity index (χ2n) is 6.01. The van der Waals surface area contributed by atoms with E-state index in [1.54, 1.807) is 14.2 Å². The lowest BCUT2D eigenvalue weighted by Gasteiger charge is -2.51. The molecule has 2 rings (SSSR count). The number of carbonyl (C=O) groups is 1. The molecule has 2 aliphatic rings. The van der Waals surface area contributed by atoms with Crippen LogP contribution in [-0.4, -0.2) is 37.5 Å². The molecule has 110 valence electrons. The van der Waals surface area contributed by atoms with Crippen LogP contribution in [0.2, 0.25) is 0 Å². The zero-order valence-electron chi connectivity index (χ0n) is 12.2. The quantitative estimate of drug-likeness (QED) is 0.794. The fourth-order valence-corrected chi connectivity index (χ4v) is 4.26. The van der Waals surface area contributed by atoms with Crippen LogP contribution in [0.25, 0.3) is 0 Å². The Hall–Kier alpha value is -0.450. The Kier molecular flexibility index (Phi) is 4.64. The van der Waals surface area contributed by atoms with Crippen molar-refractivity contribution in [1.29, 1.82) is 0 Å². The van der Waals surface area contributed by atoms with Crippen LogP contribution in [0.3, 0.4) is 0 Å². The lowest BCUT2D eigenvalue weighted by Crippen LogP contribution is -2.56. The van der Waals surface area contributed by atoms with E-state index in [0.29, 0.717) is 24.5 Å². The van der Waals surface area contributed by atoms with E-state index in [9.17, 15) is 9.90 Å². The number of hydrogen-bond donors (Lipinski definition) is 1. The smallest absolute Gasteiger partial charge is 0.171 e. The van der Waals surface area contributed by atoms with Crippen LogP contribution >= 0.6 is 0 Å². The van der Waals surface area contributed by atoms with Crippen molar-refractivity contribution < 1.29 is 19.4 Å². The summed E-state index contributed by atoms with van der Waals surface area (Å²) in [5.74, 6) is 0.467. The number of fused-ring (bicyclic) bond motifs is 1. The number of methoxy groups -OCH3 is 2. The first-order valence-electron chi connectivity index (χ1n) is 7.35. The molecule has 2 saturated carbocycles. The molecular weight excluding hydrogens is 244 g/mol. The van der Waals surface area contributed by atoms with Crippen LogP contribution in [-0.2, 0) is 14.3 Å². The van der Waals surface area contributed by atoms with Crippen LogP contribution < -0.4 is 0 Å². The molecule has 3 unspecified atom stereocenters. The number of ether oxygens (including phenoxy) is 2. The van der Waals surface area contributed by atoms with Crippen molar-refractivity contribution in [3.8, 4) is 0 Å². The molecule has 19 heavy (non-hydrogen) atoms. The van der Waals surface area contributed by atoms with Gasteiger partial charge in [0.1, 0.15) is 5.78 Å². The summed E-state index contributed by atoms with van der Waals surface area (Å²) >= 11 is 0. The third kappa shape index (κ3) is 2.46. The maximum absolute atomic E-state index is 12.3. The second-order valence-corrected chi connectivity index (χ2v) is 6.01. The highest BCUT2D eigenvalue weighted by atomic mass is 16.7. The third-order valence-electron chi connectivity index (χ3n) is 5.29. The van der Waals surface area contributed by atoms with Crippen molar-refractivity contribution in [2.45, 2.75) is 44.8 Å². The summed E-state index contributed by atoms with van der Waals surface area (Å²) in [5, 5.41) is 9.51. The molecule has 0 spiro atoms. The highest BCUT2D eigenvalue weighted by Gasteiger charge is 2.54. The average Bonchev–Trinajstić information content (AvgIpc) is 2.47. The molecule has 0 aromatic heterocycles.